The predicted octanol–water partition coefficient (Wildman–Crippen LogP) is 5.23. The van der Waals surface area contributed by atoms with Gasteiger partial charge in [0, 0.05) is 47.5 Å². The van der Waals surface area contributed by atoms with Crippen molar-refractivity contribution in [2.75, 3.05) is 41.6 Å². The van der Waals surface area contributed by atoms with E-state index in [-0.39, 0.29) is 12.5 Å². The molecular formula is C26H27Cl2N3O3S. The van der Waals surface area contributed by atoms with Gasteiger partial charge in [0.2, 0.25) is 10.0 Å². The summed E-state index contributed by atoms with van der Waals surface area (Å²) in [5.74, 6) is -0.0731. The molecule has 1 saturated heterocycles. The smallest absolute Gasteiger partial charge is 0.253 e. The Hall–Kier alpha value is -2.74. The molecule has 1 heterocycles. The largest absolute Gasteiger partial charge is 0.368 e. The van der Waals surface area contributed by atoms with Crippen molar-refractivity contribution in [1.82, 2.24) is 4.90 Å². The lowest BCUT2D eigenvalue weighted by Crippen LogP contribution is -2.49. The molecule has 0 spiro atoms. The molecule has 0 saturated carbocycles. The van der Waals surface area contributed by atoms with Gasteiger partial charge in [0.1, 0.15) is 0 Å². The van der Waals surface area contributed by atoms with Crippen molar-refractivity contribution in [2.24, 2.45) is 0 Å². The first-order valence-electron chi connectivity index (χ1n) is 11.2. The minimum Gasteiger partial charge on any atom is -0.368 e. The molecule has 0 atom stereocenters. The quantitative estimate of drug-likeness (QED) is 0.436. The maximum absolute atomic E-state index is 13.1. The average molecular weight is 532 g/mol. The molecule has 6 nitrogen and oxygen atoms in total. The summed E-state index contributed by atoms with van der Waals surface area (Å²) in [5.41, 5.74) is 3.94. The molecule has 4 rings (SSSR count). The van der Waals surface area contributed by atoms with Crippen LogP contribution in [0.15, 0.2) is 66.7 Å². The van der Waals surface area contributed by atoms with E-state index < -0.39 is 10.0 Å². The van der Waals surface area contributed by atoms with Crippen molar-refractivity contribution in [3.63, 3.8) is 0 Å². The second-order valence-electron chi connectivity index (χ2n) is 8.62. The van der Waals surface area contributed by atoms with Gasteiger partial charge in [0.25, 0.3) is 5.91 Å². The lowest BCUT2D eigenvalue weighted by Gasteiger charge is -2.37. The Morgan fingerprint density at radius 2 is 1.60 bits per heavy atom. The number of amides is 1. The maximum atomic E-state index is 13.1. The van der Waals surface area contributed by atoms with Crippen LogP contribution in [0, 0.1) is 6.92 Å². The van der Waals surface area contributed by atoms with Crippen LogP contribution in [0.25, 0.3) is 0 Å². The number of hydrogen-bond donors (Lipinski definition) is 0. The number of hydrogen-bond acceptors (Lipinski definition) is 4. The first-order chi connectivity index (χ1) is 16.6. The van der Waals surface area contributed by atoms with Gasteiger partial charge in [0.15, 0.2) is 0 Å². The van der Waals surface area contributed by atoms with Crippen LogP contribution in [0.5, 0.6) is 0 Å². The van der Waals surface area contributed by atoms with Crippen LogP contribution in [0.3, 0.4) is 0 Å². The van der Waals surface area contributed by atoms with Crippen LogP contribution in [0.2, 0.25) is 10.0 Å². The Morgan fingerprint density at radius 3 is 2.23 bits per heavy atom. The van der Waals surface area contributed by atoms with Crippen LogP contribution in [0.4, 0.5) is 11.4 Å². The molecule has 0 unspecified atom stereocenters. The summed E-state index contributed by atoms with van der Waals surface area (Å²) < 4.78 is 26.3. The van der Waals surface area contributed by atoms with E-state index in [0.29, 0.717) is 53.0 Å². The topological polar surface area (TPSA) is 60.9 Å². The third-order valence-electron chi connectivity index (χ3n) is 6.15. The fourth-order valence-corrected chi connectivity index (χ4v) is 5.45. The van der Waals surface area contributed by atoms with E-state index in [0.717, 1.165) is 17.5 Å². The SMILES string of the molecule is Cc1ccc(Cl)cc1N1CCN(C(=O)c2ccc(N(Cc3ccccc3Cl)S(C)(=O)=O)cc2)CC1. The predicted molar refractivity (Wildman–Crippen MR) is 143 cm³/mol. The Bertz CT molecular complexity index is 1320. The highest BCUT2D eigenvalue weighted by Gasteiger charge is 2.24. The molecule has 0 aliphatic carbocycles. The van der Waals surface area contributed by atoms with Crippen LogP contribution in [-0.4, -0.2) is 51.7 Å². The highest BCUT2D eigenvalue weighted by molar-refractivity contribution is 7.92. The summed E-state index contributed by atoms with van der Waals surface area (Å²) in [6.45, 7) is 4.77. The first-order valence-corrected chi connectivity index (χ1v) is 13.9. The summed E-state index contributed by atoms with van der Waals surface area (Å²) in [4.78, 5) is 17.2. The zero-order valence-electron chi connectivity index (χ0n) is 19.6. The van der Waals surface area contributed by atoms with Crippen LogP contribution in [0.1, 0.15) is 21.5 Å². The van der Waals surface area contributed by atoms with E-state index in [1.165, 1.54) is 4.31 Å². The zero-order chi connectivity index (χ0) is 25.2. The van der Waals surface area contributed by atoms with E-state index in [1.807, 2.05) is 29.2 Å². The molecule has 1 amide bonds. The number of carbonyl (C=O) groups is 1. The van der Waals surface area contributed by atoms with Crippen molar-refractivity contribution in [2.45, 2.75) is 13.5 Å². The second kappa shape index (κ2) is 10.5. The second-order valence-corrected chi connectivity index (χ2v) is 11.4. The molecule has 0 radical (unpaired) electrons. The van der Waals surface area contributed by atoms with Crippen molar-refractivity contribution < 1.29 is 13.2 Å². The number of aryl methyl sites for hydroxylation is 1. The lowest BCUT2D eigenvalue weighted by molar-refractivity contribution is 0.0747. The normalized spacial score (nSPS) is 14.2. The van der Waals surface area contributed by atoms with Gasteiger partial charge in [-0.05, 0) is 60.5 Å². The third kappa shape index (κ3) is 5.92. The molecule has 0 aromatic heterocycles. The van der Waals surface area contributed by atoms with Gasteiger partial charge in [0.05, 0.1) is 18.5 Å². The van der Waals surface area contributed by atoms with Gasteiger partial charge in [-0.2, -0.15) is 0 Å². The molecule has 184 valence electrons. The fraction of sp³-hybridized carbons (Fsp3) is 0.269. The van der Waals surface area contributed by atoms with Gasteiger partial charge >= 0.3 is 0 Å². The van der Waals surface area contributed by atoms with Crippen LogP contribution < -0.4 is 9.21 Å². The third-order valence-corrected chi connectivity index (χ3v) is 7.90. The number of nitrogens with zero attached hydrogens (tertiary/aromatic N) is 3. The molecule has 1 aliphatic rings. The molecule has 9 heteroatoms. The monoisotopic (exact) mass is 531 g/mol. The molecule has 1 aliphatic heterocycles. The molecule has 3 aromatic carbocycles. The number of rotatable bonds is 6. The number of anilines is 2. The highest BCUT2D eigenvalue weighted by atomic mass is 35.5. The molecule has 35 heavy (non-hydrogen) atoms. The molecule has 1 fully saturated rings. The highest BCUT2D eigenvalue weighted by Crippen LogP contribution is 2.27. The number of benzene rings is 3. The number of sulfonamides is 1. The van der Waals surface area contributed by atoms with E-state index in [2.05, 4.69) is 11.8 Å². The van der Waals surface area contributed by atoms with Crippen molar-refractivity contribution >= 4 is 50.5 Å². The molecule has 0 N–H and O–H groups in total. The molecular weight excluding hydrogens is 505 g/mol. The van der Waals surface area contributed by atoms with E-state index in [4.69, 9.17) is 23.2 Å². The fourth-order valence-electron chi connectivity index (χ4n) is 4.21. The van der Waals surface area contributed by atoms with E-state index in [1.54, 1.807) is 42.5 Å². The standard InChI is InChI=1S/C26H27Cl2N3O3S/c1-19-7-10-22(27)17-25(19)29-13-15-30(16-14-29)26(32)20-8-11-23(12-9-20)31(35(2,33)34)18-21-5-3-4-6-24(21)28/h3-12,17H,13-16,18H2,1-2H3. The van der Waals surface area contributed by atoms with Crippen LogP contribution >= 0.6 is 23.2 Å². The van der Waals surface area contributed by atoms with Gasteiger partial charge < -0.3 is 9.80 Å². The van der Waals surface area contributed by atoms with Gasteiger partial charge in [-0.25, -0.2) is 8.42 Å². The summed E-state index contributed by atoms with van der Waals surface area (Å²) in [6, 6.07) is 19.7. The van der Waals surface area contributed by atoms with Crippen LogP contribution in [-0.2, 0) is 16.6 Å². The Morgan fingerprint density at radius 1 is 0.943 bits per heavy atom. The Balaban J connectivity index is 1.45. The summed E-state index contributed by atoms with van der Waals surface area (Å²) >= 11 is 12.4. The first kappa shape index (κ1) is 25.4. The summed E-state index contributed by atoms with van der Waals surface area (Å²) in [5, 5.41) is 1.20. The zero-order valence-corrected chi connectivity index (χ0v) is 21.9. The van der Waals surface area contributed by atoms with Gasteiger partial charge in [-0.3, -0.25) is 9.10 Å². The average Bonchev–Trinajstić information content (AvgIpc) is 2.84. The number of piperazine rings is 1. The Labute approximate surface area is 216 Å². The number of halogens is 2. The molecule has 0 bridgehead atoms. The number of carbonyl (C=O) groups excluding carboxylic acids is 1. The Kier molecular flexibility index (Phi) is 7.59. The van der Waals surface area contributed by atoms with E-state index >= 15 is 0 Å². The van der Waals surface area contributed by atoms with Crippen molar-refractivity contribution in [3.8, 4) is 0 Å². The van der Waals surface area contributed by atoms with Crippen molar-refractivity contribution in [1.29, 1.82) is 0 Å². The minimum absolute atomic E-state index is 0.0731. The lowest BCUT2D eigenvalue weighted by atomic mass is 10.1. The summed E-state index contributed by atoms with van der Waals surface area (Å²) in [7, 11) is -3.56. The summed E-state index contributed by atoms with van der Waals surface area (Å²) in [6.07, 6.45) is 1.16. The molecule has 3 aromatic rings. The minimum atomic E-state index is -3.56. The van der Waals surface area contributed by atoms with E-state index in [9.17, 15) is 13.2 Å². The maximum Gasteiger partial charge on any atom is 0.253 e. The van der Waals surface area contributed by atoms with Gasteiger partial charge in [-0.15, -0.1) is 0 Å². The van der Waals surface area contributed by atoms with Gasteiger partial charge in [-0.1, -0.05) is 47.5 Å². The van der Waals surface area contributed by atoms with Crippen molar-refractivity contribution in [3.05, 3.63) is 93.5 Å².